The van der Waals surface area contributed by atoms with Gasteiger partial charge in [-0.3, -0.25) is 9.52 Å². The number of carbonyl (C=O) groups excluding carboxylic acids is 2. The third-order valence-corrected chi connectivity index (χ3v) is 7.31. The molecule has 0 bridgehead atoms. The second-order valence-electron chi connectivity index (χ2n) is 6.55. The van der Waals surface area contributed by atoms with E-state index in [1.807, 2.05) is 30.3 Å². The van der Waals surface area contributed by atoms with Crippen LogP contribution in [0, 0.1) is 0 Å². The molecule has 162 valence electrons. The molecule has 0 aliphatic rings. The maximum absolute atomic E-state index is 12.3. The van der Waals surface area contributed by atoms with Crippen LogP contribution in [-0.4, -0.2) is 38.8 Å². The molecule has 7 nitrogen and oxygen atoms in total. The fourth-order valence-corrected chi connectivity index (χ4v) is 5.13. The van der Waals surface area contributed by atoms with E-state index in [2.05, 4.69) is 4.72 Å². The van der Waals surface area contributed by atoms with Crippen molar-refractivity contribution >= 4 is 50.5 Å². The summed E-state index contributed by atoms with van der Waals surface area (Å²) in [5.41, 5.74) is 1.44. The van der Waals surface area contributed by atoms with Crippen molar-refractivity contribution < 1.29 is 22.7 Å². The van der Waals surface area contributed by atoms with Gasteiger partial charge in [-0.25, -0.2) is 13.2 Å². The molecule has 0 radical (unpaired) electrons. The standard InChI is InChI=1S/C21H19ClN2O5S2/c1-24(13-15-5-3-2-4-6-15)19(25)14-29-21(26)16-7-9-17(10-8-16)23-31(27,28)20-12-11-18(22)30-20/h2-12,23H,13-14H2,1H3. The highest BCUT2D eigenvalue weighted by molar-refractivity contribution is 7.94. The summed E-state index contributed by atoms with van der Waals surface area (Å²) in [6.07, 6.45) is 0. The third-order valence-electron chi connectivity index (χ3n) is 4.20. The molecule has 0 aliphatic heterocycles. The minimum absolute atomic E-state index is 0.0825. The lowest BCUT2D eigenvalue weighted by Crippen LogP contribution is -2.30. The average molecular weight is 479 g/mol. The van der Waals surface area contributed by atoms with Crippen LogP contribution in [0.5, 0.6) is 0 Å². The van der Waals surface area contributed by atoms with Crippen LogP contribution in [0.25, 0.3) is 0 Å². The van der Waals surface area contributed by atoms with Crippen molar-refractivity contribution in [3.05, 3.63) is 82.2 Å². The number of nitrogens with one attached hydrogen (secondary N) is 1. The number of halogens is 1. The van der Waals surface area contributed by atoms with Crippen LogP contribution < -0.4 is 4.72 Å². The molecule has 1 aromatic heterocycles. The summed E-state index contributed by atoms with van der Waals surface area (Å²) >= 11 is 6.72. The van der Waals surface area contributed by atoms with Gasteiger partial charge in [-0.05, 0) is 42.0 Å². The Hall–Kier alpha value is -2.88. The Morgan fingerprint density at radius 2 is 1.71 bits per heavy atom. The average Bonchev–Trinajstić information content (AvgIpc) is 3.20. The van der Waals surface area contributed by atoms with Crippen LogP contribution in [0.15, 0.2) is 70.9 Å². The van der Waals surface area contributed by atoms with Crippen molar-refractivity contribution in [1.29, 1.82) is 0 Å². The lowest BCUT2D eigenvalue weighted by atomic mass is 10.2. The lowest BCUT2D eigenvalue weighted by Gasteiger charge is -2.17. The Morgan fingerprint density at radius 1 is 1.03 bits per heavy atom. The molecule has 0 atom stereocenters. The van der Waals surface area contributed by atoms with Gasteiger partial charge in [0.1, 0.15) is 4.21 Å². The number of hydrogen-bond donors (Lipinski definition) is 1. The first-order valence-electron chi connectivity index (χ1n) is 9.08. The van der Waals surface area contributed by atoms with Crippen molar-refractivity contribution in [2.24, 2.45) is 0 Å². The fourth-order valence-electron chi connectivity index (χ4n) is 2.59. The number of thiophene rings is 1. The molecular formula is C21H19ClN2O5S2. The molecule has 0 fully saturated rings. The topological polar surface area (TPSA) is 92.8 Å². The number of carbonyl (C=O) groups is 2. The number of sulfonamides is 1. The van der Waals surface area contributed by atoms with Gasteiger partial charge < -0.3 is 9.64 Å². The number of benzene rings is 2. The molecule has 3 aromatic rings. The fraction of sp³-hybridized carbons (Fsp3) is 0.143. The zero-order valence-electron chi connectivity index (χ0n) is 16.4. The van der Waals surface area contributed by atoms with Crippen molar-refractivity contribution in [3.8, 4) is 0 Å². The van der Waals surface area contributed by atoms with E-state index in [9.17, 15) is 18.0 Å². The number of rotatable bonds is 8. The number of likely N-dealkylation sites (N-methyl/N-ethyl adjacent to an activating group) is 1. The van der Waals surface area contributed by atoms with Crippen LogP contribution in [0.2, 0.25) is 4.34 Å². The zero-order chi connectivity index (χ0) is 22.4. The quantitative estimate of drug-likeness (QED) is 0.493. The summed E-state index contributed by atoms with van der Waals surface area (Å²) in [7, 11) is -2.13. The maximum atomic E-state index is 12.3. The summed E-state index contributed by atoms with van der Waals surface area (Å²) in [4.78, 5) is 25.9. The number of ether oxygens (including phenoxy) is 1. The molecule has 1 amide bonds. The van der Waals surface area contributed by atoms with Crippen molar-refractivity contribution in [3.63, 3.8) is 0 Å². The van der Waals surface area contributed by atoms with Crippen LogP contribution in [0.4, 0.5) is 5.69 Å². The van der Waals surface area contributed by atoms with Gasteiger partial charge in [-0.1, -0.05) is 41.9 Å². The lowest BCUT2D eigenvalue weighted by molar-refractivity contribution is -0.133. The Morgan fingerprint density at radius 3 is 2.32 bits per heavy atom. The molecule has 1 heterocycles. The first-order valence-corrected chi connectivity index (χ1v) is 11.8. The first kappa shape index (κ1) is 22.8. The molecular weight excluding hydrogens is 460 g/mol. The second kappa shape index (κ2) is 9.95. The normalized spacial score (nSPS) is 11.0. The summed E-state index contributed by atoms with van der Waals surface area (Å²) in [6, 6.07) is 18.1. The highest BCUT2D eigenvalue weighted by Gasteiger charge is 2.18. The molecule has 31 heavy (non-hydrogen) atoms. The van der Waals surface area contributed by atoms with Crippen LogP contribution in [0.3, 0.4) is 0 Å². The molecule has 0 saturated carbocycles. The molecule has 1 N–H and O–H groups in total. The van der Waals surface area contributed by atoms with E-state index in [0.717, 1.165) is 16.9 Å². The molecule has 0 spiro atoms. The number of amides is 1. The predicted molar refractivity (Wildman–Crippen MR) is 120 cm³/mol. The second-order valence-corrected chi connectivity index (χ2v) is 10.2. The Kier molecular flexibility index (Phi) is 7.32. The monoisotopic (exact) mass is 478 g/mol. The zero-order valence-corrected chi connectivity index (χ0v) is 18.8. The Bertz CT molecular complexity index is 1160. The Balaban J connectivity index is 1.53. The maximum Gasteiger partial charge on any atom is 0.338 e. The van der Waals surface area contributed by atoms with Crippen LogP contribution >= 0.6 is 22.9 Å². The van der Waals surface area contributed by atoms with Crippen LogP contribution in [0.1, 0.15) is 15.9 Å². The van der Waals surface area contributed by atoms with Gasteiger partial charge in [0.05, 0.1) is 9.90 Å². The van der Waals surface area contributed by atoms with Gasteiger partial charge in [0.25, 0.3) is 15.9 Å². The van der Waals surface area contributed by atoms with E-state index in [1.54, 1.807) is 7.05 Å². The van der Waals surface area contributed by atoms with Gasteiger partial charge >= 0.3 is 5.97 Å². The van der Waals surface area contributed by atoms with Crippen LogP contribution in [-0.2, 0) is 26.1 Å². The van der Waals surface area contributed by atoms with Crippen molar-refractivity contribution in [2.45, 2.75) is 10.8 Å². The van der Waals surface area contributed by atoms with Gasteiger partial charge in [0.15, 0.2) is 6.61 Å². The summed E-state index contributed by atoms with van der Waals surface area (Å²) < 4.78 is 32.6. The minimum Gasteiger partial charge on any atom is -0.452 e. The highest BCUT2D eigenvalue weighted by Crippen LogP contribution is 2.27. The molecule has 3 rings (SSSR count). The summed E-state index contributed by atoms with van der Waals surface area (Å²) in [5.74, 6) is -1.02. The number of nitrogens with zero attached hydrogens (tertiary/aromatic N) is 1. The predicted octanol–water partition coefficient (Wildman–Crippen LogP) is 4.02. The minimum atomic E-state index is -3.76. The van der Waals surface area contributed by atoms with Crippen molar-refractivity contribution in [1.82, 2.24) is 4.90 Å². The largest absolute Gasteiger partial charge is 0.452 e. The van der Waals surface area contributed by atoms with E-state index >= 15 is 0 Å². The molecule has 0 unspecified atom stereocenters. The molecule has 0 aliphatic carbocycles. The van der Waals surface area contributed by atoms with E-state index in [0.29, 0.717) is 10.9 Å². The van der Waals surface area contributed by atoms with Gasteiger partial charge in [-0.15, -0.1) is 11.3 Å². The number of anilines is 1. The van der Waals surface area contributed by atoms with Gasteiger partial charge in [-0.2, -0.15) is 0 Å². The summed E-state index contributed by atoms with van der Waals surface area (Å²) in [6.45, 7) is 0.0111. The van der Waals surface area contributed by atoms with Gasteiger partial charge in [0, 0.05) is 19.3 Å². The number of hydrogen-bond acceptors (Lipinski definition) is 6. The SMILES string of the molecule is CN(Cc1ccccc1)C(=O)COC(=O)c1ccc(NS(=O)(=O)c2ccc(Cl)s2)cc1. The van der Waals surface area contributed by atoms with E-state index in [1.165, 1.54) is 41.3 Å². The van der Waals surface area contributed by atoms with Gasteiger partial charge in [0.2, 0.25) is 0 Å². The van der Waals surface area contributed by atoms with E-state index < -0.39 is 22.6 Å². The number of esters is 1. The first-order chi connectivity index (χ1) is 14.7. The highest BCUT2D eigenvalue weighted by atomic mass is 35.5. The smallest absolute Gasteiger partial charge is 0.338 e. The molecule has 2 aromatic carbocycles. The third kappa shape index (κ3) is 6.30. The summed E-state index contributed by atoms with van der Waals surface area (Å²) in [5, 5.41) is 0. The Labute approximate surface area is 189 Å². The van der Waals surface area contributed by atoms with Crippen molar-refractivity contribution in [2.75, 3.05) is 18.4 Å². The molecule has 10 heteroatoms. The molecule has 0 saturated heterocycles. The van der Waals surface area contributed by atoms with E-state index in [-0.39, 0.29) is 21.4 Å². The van der Waals surface area contributed by atoms with E-state index in [4.69, 9.17) is 16.3 Å².